The molecule has 1 aromatic heterocycles. The van der Waals surface area contributed by atoms with E-state index < -0.39 is 5.25 Å². The highest BCUT2D eigenvalue weighted by Gasteiger charge is 2.17. The average molecular weight is 313 g/mol. The van der Waals surface area contributed by atoms with Crippen LogP contribution in [-0.2, 0) is 4.79 Å². The number of nitrogen functional groups attached to an aromatic ring is 1. The number of rotatable bonds is 4. The number of carbonyl (C=O) groups is 1. The van der Waals surface area contributed by atoms with Crippen molar-refractivity contribution in [3.05, 3.63) is 41.6 Å². The third kappa shape index (κ3) is 3.74. The molecule has 0 saturated carbocycles. The number of nitrogens with zero attached hydrogens (tertiary/aromatic N) is 3. The summed E-state index contributed by atoms with van der Waals surface area (Å²) in [5.74, 6) is -0.0302. The number of nitriles is 1. The molecule has 0 fully saturated rings. The van der Waals surface area contributed by atoms with Crippen LogP contribution in [0.1, 0.15) is 18.1 Å². The van der Waals surface area contributed by atoms with Crippen LogP contribution in [0.15, 0.2) is 35.6 Å². The number of hydrogen-bond acceptors (Lipinski definition) is 6. The van der Waals surface area contributed by atoms with Gasteiger partial charge in [0.25, 0.3) is 0 Å². The van der Waals surface area contributed by atoms with E-state index in [0.29, 0.717) is 5.16 Å². The summed E-state index contributed by atoms with van der Waals surface area (Å²) >= 11 is 1.19. The van der Waals surface area contributed by atoms with Gasteiger partial charge >= 0.3 is 0 Å². The Morgan fingerprint density at radius 1 is 1.45 bits per heavy atom. The molecule has 22 heavy (non-hydrogen) atoms. The second-order valence-electron chi connectivity index (χ2n) is 4.63. The predicted octanol–water partition coefficient (Wildman–Crippen LogP) is 2.36. The van der Waals surface area contributed by atoms with E-state index in [1.807, 2.05) is 37.3 Å². The number of anilines is 2. The molecular formula is C15H15N5OS. The van der Waals surface area contributed by atoms with Crippen LogP contribution in [0.2, 0.25) is 0 Å². The Kier molecular flexibility index (Phi) is 4.96. The summed E-state index contributed by atoms with van der Waals surface area (Å²) in [5, 5.41) is 11.6. The van der Waals surface area contributed by atoms with Crippen molar-refractivity contribution in [3.8, 4) is 6.07 Å². The molecule has 112 valence electrons. The predicted molar refractivity (Wildman–Crippen MR) is 86.3 cm³/mol. The number of aryl methyl sites for hydroxylation is 1. The molecule has 0 saturated heterocycles. The molecule has 0 aliphatic rings. The number of nitrogens with two attached hydrogens (primary N) is 1. The molecule has 0 aliphatic carbocycles. The fraction of sp³-hybridized carbons (Fsp3) is 0.200. The number of amides is 1. The van der Waals surface area contributed by atoms with Crippen LogP contribution in [-0.4, -0.2) is 21.1 Å². The molecule has 1 aromatic carbocycles. The quantitative estimate of drug-likeness (QED) is 0.663. The monoisotopic (exact) mass is 313 g/mol. The van der Waals surface area contributed by atoms with Gasteiger partial charge in [0.2, 0.25) is 5.91 Å². The molecule has 7 heteroatoms. The van der Waals surface area contributed by atoms with Gasteiger partial charge in [0.05, 0.1) is 11.4 Å². The maximum absolute atomic E-state index is 12.2. The van der Waals surface area contributed by atoms with Crippen molar-refractivity contribution in [2.24, 2.45) is 0 Å². The average Bonchev–Trinajstić information content (AvgIpc) is 2.49. The minimum absolute atomic E-state index is 0.117. The molecule has 1 heterocycles. The van der Waals surface area contributed by atoms with Gasteiger partial charge in [-0.05, 0) is 25.5 Å². The van der Waals surface area contributed by atoms with Gasteiger partial charge in [-0.15, -0.1) is 0 Å². The van der Waals surface area contributed by atoms with E-state index in [4.69, 9.17) is 11.0 Å². The van der Waals surface area contributed by atoms with Crippen LogP contribution in [0.5, 0.6) is 0 Å². The highest BCUT2D eigenvalue weighted by atomic mass is 32.2. The van der Waals surface area contributed by atoms with E-state index in [9.17, 15) is 4.79 Å². The highest BCUT2D eigenvalue weighted by molar-refractivity contribution is 8.00. The lowest BCUT2D eigenvalue weighted by molar-refractivity contribution is -0.115. The summed E-state index contributed by atoms with van der Waals surface area (Å²) in [6.45, 7) is 3.69. The molecule has 0 radical (unpaired) electrons. The Labute approximate surface area is 132 Å². The minimum atomic E-state index is -0.396. The van der Waals surface area contributed by atoms with Crippen LogP contribution in [0.3, 0.4) is 0 Å². The maximum Gasteiger partial charge on any atom is 0.237 e. The van der Waals surface area contributed by atoms with Crippen LogP contribution >= 0.6 is 11.8 Å². The number of nitrogens with one attached hydrogen (secondary N) is 1. The van der Waals surface area contributed by atoms with Crippen LogP contribution < -0.4 is 11.1 Å². The summed E-state index contributed by atoms with van der Waals surface area (Å²) in [6, 6.07) is 9.45. The minimum Gasteiger partial charge on any atom is -0.382 e. The molecule has 0 aliphatic heterocycles. The van der Waals surface area contributed by atoms with Crippen molar-refractivity contribution in [2.75, 3.05) is 11.1 Å². The summed E-state index contributed by atoms with van der Waals surface area (Å²) in [6.07, 6.45) is 1.36. The Morgan fingerprint density at radius 3 is 2.82 bits per heavy atom. The Morgan fingerprint density at radius 2 is 2.18 bits per heavy atom. The van der Waals surface area contributed by atoms with Crippen molar-refractivity contribution in [2.45, 2.75) is 24.3 Å². The molecule has 0 bridgehead atoms. The van der Waals surface area contributed by atoms with E-state index in [-0.39, 0.29) is 17.3 Å². The van der Waals surface area contributed by atoms with Crippen LogP contribution in [0, 0.1) is 18.3 Å². The smallest absolute Gasteiger partial charge is 0.237 e. The molecule has 6 nitrogen and oxygen atoms in total. The summed E-state index contributed by atoms with van der Waals surface area (Å²) in [4.78, 5) is 20.3. The van der Waals surface area contributed by atoms with Crippen molar-refractivity contribution < 1.29 is 4.79 Å². The molecular weight excluding hydrogens is 298 g/mol. The number of hydrogen-bond donors (Lipinski definition) is 2. The zero-order valence-corrected chi connectivity index (χ0v) is 13.0. The Balaban J connectivity index is 2.04. The van der Waals surface area contributed by atoms with Gasteiger partial charge in [0, 0.05) is 5.69 Å². The standard InChI is InChI=1S/C15H15N5OS/c1-9-5-3-4-6-12(9)19-14(21)10(2)22-15-18-8-11(7-16)13(17)20-15/h3-6,8,10H,1-2H3,(H,19,21)(H2,17,18,20). The van der Waals surface area contributed by atoms with E-state index in [1.165, 1.54) is 18.0 Å². The molecule has 2 aromatic rings. The van der Waals surface area contributed by atoms with Crippen LogP contribution in [0.25, 0.3) is 0 Å². The van der Waals surface area contributed by atoms with Gasteiger partial charge in [-0.25, -0.2) is 9.97 Å². The summed E-state index contributed by atoms with van der Waals surface area (Å²) in [7, 11) is 0. The number of para-hydroxylation sites is 1. The first-order valence-corrected chi connectivity index (χ1v) is 7.45. The molecule has 2 rings (SSSR count). The van der Waals surface area contributed by atoms with Crippen molar-refractivity contribution in [1.29, 1.82) is 5.26 Å². The lowest BCUT2D eigenvalue weighted by Gasteiger charge is -2.12. The van der Waals surface area contributed by atoms with Crippen molar-refractivity contribution in [1.82, 2.24) is 9.97 Å². The number of benzene rings is 1. The Hall–Kier alpha value is -2.59. The normalized spacial score (nSPS) is 11.5. The SMILES string of the molecule is Cc1ccccc1NC(=O)C(C)Sc1ncc(C#N)c(N)n1. The molecule has 1 unspecified atom stereocenters. The van der Waals surface area contributed by atoms with Gasteiger partial charge in [0.1, 0.15) is 17.5 Å². The number of thioether (sulfide) groups is 1. The highest BCUT2D eigenvalue weighted by Crippen LogP contribution is 2.23. The molecule has 0 spiro atoms. The van der Waals surface area contributed by atoms with Gasteiger partial charge in [-0.3, -0.25) is 4.79 Å². The maximum atomic E-state index is 12.2. The first-order chi connectivity index (χ1) is 10.5. The third-order valence-corrected chi connectivity index (χ3v) is 3.95. The van der Waals surface area contributed by atoms with E-state index in [0.717, 1.165) is 11.3 Å². The number of aromatic nitrogens is 2. The summed E-state index contributed by atoms with van der Waals surface area (Å²) in [5.41, 5.74) is 7.63. The van der Waals surface area contributed by atoms with Crippen molar-refractivity contribution >= 4 is 29.2 Å². The fourth-order valence-corrected chi connectivity index (χ4v) is 2.43. The number of carbonyl (C=O) groups excluding carboxylic acids is 1. The second-order valence-corrected chi connectivity index (χ2v) is 5.94. The first kappa shape index (κ1) is 15.8. The topological polar surface area (TPSA) is 105 Å². The largest absolute Gasteiger partial charge is 0.382 e. The first-order valence-electron chi connectivity index (χ1n) is 6.57. The zero-order chi connectivity index (χ0) is 16.1. The third-order valence-electron chi connectivity index (χ3n) is 2.97. The molecule has 1 amide bonds. The fourth-order valence-electron chi connectivity index (χ4n) is 1.68. The van der Waals surface area contributed by atoms with Gasteiger partial charge < -0.3 is 11.1 Å². The molecule has 1 atom stereocenters. The van der Waals surface area contributed by atoms with Crippen molar-refractivity contribution in [3.63, 3.8) is 0 Å². The second kappa shape index (κ2) is 6.91. The van der Waals surface area contributed by atoms with Gasteiger partial charge in [-0.2, -0.15) is 5.26 Å². The van der Waals surface area contributed by atoms with E-state index in [1.54, 1.807) is 6.92 Å². The Bertz CT molecular complexity index is 741. The lowest BCUT2D eigenvalue weighted by Crippen LogP contribution is -2.23. The van der Waals surface area contributed by atoms with E-state index >= 15 is 0 Å². The van der Waals surface area contributed by atoms with Gasteiger partial charge in [-0.1, -0.05) is 30.0 Å². The zero-order valence-electron chi connectivity index (χ0n) is 12.2. The van der Waals surface area contributed by atoms with E-state index in [2.05, 4.69) is 15.3 Å². The lowest BCUT2D eigenvalue weighted by atomic mass is 10.2. The summed E-state index contributed by atoms with van der Waals surface area (Å²) < 4.78 is 0. The van der Waals surface area contributed by atoms with Crippen LogP contribution in [0.4, 0.5) is 11.5 Å². The van der Waals surface area contributed by atoms with Gasteiger partial charge in [0.15, 0.2) is 5.16 Å². The molecule has 3 N–H and O–H groups in total.